The number of nitrogens with two attached hydrogens (primary N) is 1. The van der Waals surface area contributed by atoms with Crippen LogP contribution in [0.15, 0.2) is 46.9 Å². The van der Waals surface area contributed by atoms with Crippen molar-refractivity contribution in [2.45, 2.75) is 25.8 Å². The lowest BCUT2D eigenvalue weighted by Gasteiger charge is -2.15. The average Bonchev–Trinajstić information content (AvgIpc) is 2.45. The first-order chi connectivity index (χ1) is 9.60. The molecular weight excluding hydrogens is 314 g/mol. The van der Waals surface area contributed by atoms with Crippen LogP contribution in [0.3, 0.4) is 0 Å². The predicted octanol–water partition coefficient (Wildman–Crippen LogP) is 4.40. The second kappa shape index (κ2) is 6.91. The molecule has 1 atom stereocenters. The Kier molecular flexibility index (Phi) is 5.21. The van der Waals surface area contributed by atoms with E-state index in [-0.39, 0.29) is 6.04 Å². The highest BCUT2D eigenvalue weighted by atomic mass is 79.9. The smallest absolute Gasteiger partial charge is 0.118 e. The van der Waals surface area contributed by atoms with Crippen molar-refractivity contribution in [2.24, 2.45) is 5.73 Å². The van der Waals surface area contributed by atoms with Gasteiger partial charge in [0.2, 0.25) is 0 Å². The minimum Gasteiger partial charge on any atom is -0.497 e. The lowest BCUT2D eigenvalue weighted by atomic mass is 9.96. The first kappa shape index (κ1) is 15.1. The van der Waals surface area contributed by atoms with Crippen molar-refractivity contribution in [2.75, 3.05) is 7.11 Å². The SMILES string of the molecule is COc1ccc(CCC(N)c2ccc(Br)cc2C)cc1. The van der Waals surface area contributed by atoms with Crippen LogP contribution in [0.5, 0.6) is 5.75 Å². The molecule has 0 spiro atoms. The third kappa shape index (κ3) is 3.84. The number of hydrogen-bond donors (Lipinski definition) is 1. The predicted molar refractivity (Wildman–Crippen MR) is 87.1 cm³/mol. The zero-order chi connectivity index (χ0) is 14.5. The van der Waals surface area contributed by atoms with Gasteiger partial charge < -0.3 is 10.5 Å². The average molecular weight is 334 g/mol. The molecule has 20 heavy (non-hydrogen) atoms. The summed E-state index contributed by atoms with van der Waals surface area (Å²) in [4.78, 5) is 0. The van der Waals surface area contributed by atoms with Gasteiger partial charge in [0.05, 0.1) is 7.11 Å². The molecule has 0 aromatic heterocycles. The molecule has 0 aliphatic carbocycles. The van der Waals surface area contributed by atoms with E-state index in [1.165, 1.54) is 16.7 Å². The third-order valence-corrected chi connectivity index (χ3v) is 4.03. The Morgan fingerprint density at radius 3 is 2.45 bits per heavy atom. The Balaban J connectivity index is 1.98. The Labute approximate surface area is 129 Å². The summed E-state index contributed by atoms with van der Waals surface area (Å²) in [6, 6.07) is 14.5. The lowest BCUT2D eigenvalue weighted by Crippen LogP contribution is -2.12. The number of methoxy groups -OCH3 is 1. The van der Waals surface area contributed by atoms with E-state index in [0.717, 1.165) is 23.1 Å². The van der Waals surface area contributed by atoms with Crippen LogP contribution in [0, 0.1) is 6.92 Å². The Morgan fingerprint density at radius 1 is 1.15 bits per heavy atom. The van der Waals surface area contributed by atoms with Gasteiger partial charge in [-0.15, -0.1) is 0 Å². The highest BCUT2D eigenvalue weighted by molar-refractivity contribution is 9.10. The van der Waals surface area contributed by atoms with Crippen molar-refractivity contribution in [1.29, 1.82) is 0 Å². The van der Waals surface area contributed by atoms with E-state index < -0.39 is 0 Å². The monoisotopic (exact) mass is 333 g/mol. The van der Waals surface area contributed by atoms with Crippen LogP contribution >= 0.6 is 15.9 Å². The van der Waals surface area contributed by atoms with Gasteiger partial charge in [0.1, 0.15) is 5.75 Å². The molecule has 2 rings (SSSR count). The third-order valence-electron chi connectivity index (χ3n) is 3.53. The fraction of sp³-hybridized carbons (Fsp3) is 0.294. The number of benzene rings is 2. The van der Waals surface area contributed by atoms with Crippen LogP contribution in [0.4, 0.5) is 0 Å². The van der Waals surface area contributed by atoms with E-state index >= 15 is 0 Å². The van der Waals surface area contributed by atoms with E-state index in [9.17, 15) is 0 Å². The maximum Gasteiger partial charge on any atom is 0.118 e. The van der Waals surface area contributed by atoms with Gasteiger partial charge in [-0.25, -0.2) is 0 Å². The minimum atomic E-state index is 0.0743. The Hall–Kier alpha value is -1.32. The summed E-state index contributed by atoms with van der Waals surface area (Å²) in [6.07, 6.45) is 1.91. The molecule has 0 fully saturated rings. The summed E-state index contributed by atoms with van der Waals surface area (Å²) in [5.74, 6) is 0.891. The molecule has 106 valence electrons. The molecule has 3 heteroatoms. The quantitative estimate of drug-likeness (QED) is 0.880. The summed E-state index contributed by atoms with van der Waals surface area (Å²) >= 11 is 3.48. The zero-order valence-corrected chi connectivity index (χ0v) is 13.5. The highest BCUT2D eigenvalue weighted by Gasteiger charge is 2.09. The number of halogens is 1. The molecule has 2 nitrogen and oxygen atoms in total. The molecule has 2 aromatic rings. The summed E-state index contributed by atoms with van der Waals surface area (Å²) in [5, 5.41) is 0. The van der Waals surface area contributed by atoms with Gasteiger partial charge in [-0.05, 0) is 60.7 Å². The zero-order valence-electron chi connectivity index (χ0n) is 11.9. The number of rotatable bonds is 5. The summed E-state index contributed by atoms with van der Waals surface area (Å²) < 4.78 is 6.26. The van der Waals surface area contributed by atoms with Crippen molar-refractivity contribution in [1.82, 2.24) is 0 Å². The van der Waals surface area contributed by atoms with Crippen molar-refractivity contribution in [3.8, 4) is 5.75 Å². The van der Waals surface area contributed by atoms with Crippen molar-refractivity contribution in [3.63, 3.8) is 0 Å². The molecule has 0 radical (unpaired) electrons. The molecule has 0 heterocycles. The Morgan fingerprint density at radius 2 is 1.85 bits per heavy atom. The first-order valence-corrected chi connectivity index (χ1v) is 7.54. The molecule has 1 unspecified atom stereocenters. The maximum absolute atomic E-state index is 6.31. The van der Waals surface area contributed by atoms with Gasteiger partial charge in [-0.3, -0.25) is 0 Å². The van der Waals surface area contributed by atoms with Gasteiger partial charge in [-0.1, -0.05) is 34.1 Å². The molecule has 0 bridgehead atoms. The van der Waals surface area contributed by atoms with Crippen LogP contribution in [0.2, 0.25) is 0 Å². The second-order valence-electron chi connectivity index (χ2n) is 4.99. The van der Waals surface area contributed by atoms with E-state index in [1.807, 2.05) is 12.1 Å². The lowest BCUT2D eigenvalue weighted by molar-refractivity contribution is 0.414. The number of ether oxygens (including phenoxy) is 1. The second-order valence-corrected chi connectivity index (χ2v) is 5.91. The van der Waals surface area contributed by atoms with E-state index in [2.05, 4.69) is 53.2 Å². The fourth-order valence-corrected chi connectivity index (χ4v) is 2.80. The van der Waals surface area contributed by atoms with Crippen LogP contribution < -0.4 is 10.5 Å². The van der Waals surface area contributed by atoms with Crippen molar-refractivity contribution >= 4 is 15.9 Å². The van der Waals surface area contributed by atoms with Crippen LogP contribution in [0.1, 0.15) is 29.2 Å². The highest BCUT2D eigenvalue weighted by Crippen LogP contribution is 2.24. The van der Waals surface area contributed by atoms with Crippen molar-refractivity contribution < 1.29 is 4.74 Å². The number of hydrogen-bond acceptors (Lipinski definition) is 2. The molecule has 2 aromatic carbocycles. The molecule has 0 saturated carbocycles. The first-order valence-electron chi connectivity index (χ1n) is 6.74. The van der Waals surface area contributed by atoms with Gasteiger partial charge in [0, 0.05) is 10.5 Å². The van der Waals surface area contributed by atoms with Crippen LogP contribution in [-0.4, -0.2) is 7.11 Å². The largest absolute Gasteiger partial charge is 0.497 e. The Bertz CT molecular complexity index is 566. The van der Waals surface area contributed by atoms with Crippen LogP contribution in [0.25, 0.3) is 0 Å². The van der Waals surface area contributed by atoms with E-state index in [1.54, 1.807) is 7.11 Å². The molecular formula is C17H20BrNO. The standard InChI is InChI=1S/C17H20BrNO/c1-12-11-14(18)6-9-16(12)17(19)10-5-13-3-7-15(20-2)8-4-13/h3-4,6-9,11,17H,5,10,19H2,1-2H3. The van der Waals surface area contributed by atoms with E-state index in [0.29, 0.717) is 0 Å². The summed E-state index contributed by atoms with van der Waals surface area (Å²) in [5.41, 5.74) is 10.1. The molecule has 0 aliphatic heterocycles. The van der Waals surface area contributed by atoms with Crippen LogP contribution in [-0.2, 0) is 6.42 Å². The summed E-state index contributed by atoms with van der Waals surface area (Å²) in [6.45, 7) is 2.10. The van der Waals surface area contributed by atoms with E-state index in [4.69, 9.17) is 10.5 Å². The van der Waals surface area contributed by atoms with Gasteiger partial charge in [-0.2, -0.15) is 0 Å². The van der Waals surface area contributed by atoms with Crippen molar-refractivity contribution in [3.05, 3.63) is 63.6 Å². The normalized spacial score (nSPS) is 12.2. The van der Waals surface area contributed by atoms with Gasteiger partial charge in [0.25, 0.3) is 0 Å². The van der Waals surface area contributed by atoms with Gasteiger partial charge in [0.15, 0.2) is 0 Å². The molecule has 0 amide bonds. The van der Waals surface area contributed by atoms with Gasteiger partial charge >= 0.3 is 0 Å². The number of aryl methyl sites for hydroxylation is 2. The minimum absolute atomic E-state index is 0.0743. The molecule has 0 aliphatic rings. The summed E-state index contributed by atoms with van der Waals surface area (Å²) in [7, 11) is 1.68. The topological polar surface area (TPSA) is 35.2 Å². The fourth-order valence-electron chi connectivity index (χ4n) is 2.33. The molecule has 2 N–H and O–H groups in total. The maximum atomic E-state index is 6.31. The molecule has 0 saturated heterocycles.